The number of ether oxygens (including phenoxy) is 1. The second kappa shape index (κ2) is 6.21. The van der Waals surface area contributed by atoms with Gasteiger partial charge in [-0.2, -0.15) is 0 Å². The standard InChI is InChI=1S/C14H16N2O4/c1-9(11-5-3-4-6-13(11)19-2)15-8-10-7-12(14(17)18)16-20-10/h3-7,9,15H,8H2,1-2H3,(H,17,18)/t9-/m0/s1. The van der Waals surface area contributed by atoms with Crippen LogP contribution in [-0.4, -0.2) is 23.3 Å². The molecule has 0 bridgehead atoms. The van der Waals surface area contributed by atoms with E-state index in [1.165, 1.54) is 6.07 Å². The van der Waals surface area contributed by atoms with Gasteiger partial charge in [-0.15, -0.1) is 0 Å². The molecule has 6 heteroatoms. The van der Waals surface area contributed by atoms with Gasteiger partial charge < -0.3 is 19.7 Å². The highest BCUT2D eigenvalue weighted by molar-refractivity contribution is 5.85. The first-order valence-corrected chi connectivity index (χ1v) is 6.17. The minimum absolute atomic E-state index is 0.0320. The second-order valence-electron chi connectivity index (χ2n) is 4.33. The molecular weight excluding hydrogens is 260 g/mol. The van der Waals surface area contributed by atoms with E-state index in [1.54, 1.807) is 7.11 Å². The zero-order valence-corrected chi connectivity index (χ0v) is 11.3. The molecule has 2 N–H and O–H groups in total. The van der Waals surface area contributed by atoms with E-state index in [2.05, 4.69) is 10.5 Å². The van der Waals surface area contributed by atoms with Crippen molar-refractivity contribution in [3.8, 4) is 5.75 Å². The number of nitrogens with one attached hydrogen (secondary N) is 1. The van der Waals surface area contributed by atoms with E-state index >= 15 is 0 Å². The Bertz CT molecular complexity index is 594. The van der Waals surface area contributed by atoms with Crippen molar-refractivity contribution in [1.82, 2.24) is 10.5 Å². The topological polar surface area (TPSA) is 84.6 Å². The summed E-state index contributed by atoms with van der Waals surface area (Å²) in [5, 5.41) is 15.5. The average Bonchev–Trinajstić information content (AvgIpc) is 2.94. The van der Waals surface area contributed by atoms with E-state index in [0.29, 0.717) is 12.3 Å². The summed E-state index contributed by atoms with van der Waals surface area (Å²) in [5.41, 5.74) is 0.930. The van der Waals surface area contributed by atoms with Crippen LogP contribution in [0.3, 0.4) is 0 Å². The second-order valence-corrected chi connectivity index (χ2v) is 4.33. The number of para-hydroxylation sites is 1. The first-order chi connectivity index (χ1) is 9.61. The third-order valence-corrected chi connectivity index (χ3v) is 2.97. The predicted molar refractivity (Wildman–Crippen MR) is 71.7 cm³/mol. The van der Waals surface area contributed by atoms with Gasteiger partial charge >= 0.3 is 5.97 Å². The van der Waals surface area contributed by atoms with Crippen molar-refractivity contribution in [3.63, 3.8) is 0 Å². The van der Waals surface area contributed by atoms with Crippen molar-refractivity contribution in [2.45, 2.75) is 19.5 Å². The lowest BCUT2D eigenvalue weighted by atomic mass is 10.1. The van der Waals surface area contributed by atoms with Gasteiger partial charge in [0.05, 0.1) is 13.7 Å². The summed E-state index contributed by atoms with van der Waals surface area (Å²) in [4.78, 5) is 10.7. The quantitative estimate of drug-likeness (QED) is 0.841. The maximum atomic E-state index is 10.7. The van der Waals surface area contributed by atoms with Gasteiger partial charge in [-0.1, -0.05) is 23.4 Å². The van der Waals surface area contributed by atoms with Crippen molar-refractivity contribution < 1.29 is 19.2 Å². The molecule has 0 aliphatic heterocycles. The highest BCUT2D eigenvalue weighted by Gasteiger charge is 2.13. The summed E-state index contributed by atoms with van der Waals surface area (Å²) in [6.07, 6.45) is 0. The molecular formula is C14H16N2O4. The Labute approximate surface area is 116 Å². The third-order valence-electron chi connectivity index (χ3n) is 2.97. The molecule has 1 aromatic carbocycles. The minimum atomic E-state index is -1.10. The molecule has 1 heterocycles. The lowest BCUT2D eigenvalue weighted by molar-refractivity contribution is 0.0685. The van der Waals surface area contributed by atoms with Crippen LogP contribution in [0.5, 0.6) is 5.75 Å². The molecule has 0 saturated carbocycles. The molecule has 1 atom stereocenters. The van der Waals surface area contributed by atoms with Crippen molar-refractivity contribution in [3.05, 3.63) is 47.3 Å². The van der Waals surface area contributed by atoms with Gasteiger partial charge in [-0.05, 0) is 13.0 Å². The SMILES string of the molecule is COc1ccccc1[C@H](C)NCc1cc(C(=O)O)no1. The van der Waals surface area contributed by atoms with Gasteiger partial charge in [-0.3, -0.25) is 0 Å². The first kappa shape index (κ1) is 14.1. The number of methoxy groups -OCH3 is 1. The van der Waals surface area contributed by atoms with Crippen molar-refractivity contribution >= 4 is 5.97 Å². The van der Waals surface area contributed by atoms with Crippen LogP contribution in [0.1, 0.15) is 34.8 Å². The largest absolute Gasteiger partial charge is 0.496 e. The number of nitrogens with zero attached hydrogens (tertiary/aromatic N) is 1. The maximum absolute atomic E-state index is 10.7. The van der Waals surface area contributed by atoms with E-state index in [0.717, 1.165) is 11.3 Å². The molecule has 0 fully saturated rings. The fourth-order valence-corrected chi connectivity index (χ4v) is 1.88. The monoisotopic (exact) mass is 276 g/mol. The van der Waals surface area contributed by atoms with Gasteiger partial charge in [0.25, 0.3) is 0 Å². The van der Waals surface area contributed by atoms with E-state index in [1.807, 2.05) is 31.2 Å². The van der Waals surface area contributed by atoms with Crippen LogP contribution >= 0.6 is 0 Å². The molecule has 2 aromatic rings. The molecule has 0 aliphatic carbocycles. The number of carboxylic acids is 1. The van der Waals surface area contributed by atoms with Crippen molar-refractivity contribution in [2.24, 2.45) is 0 Å². The molecule has 2 rings (SSSR count). The van der Waals surface area contributed by atoms with Crippen molar-refractivity contribution in [1.29, 1.82) is 0 Å². The highest BCUT2D eigenvalue weighted by Crippen LogP contribution is 2.24. The average molecular weight is 276 g/mol. The van der Waals surface area contributed by atoms with Gasteiger partial charge in [0.1, 0.15) is 5.75 Å². The Morgan fingerprint density at radius 2 is 2.25 bits per heavy atom. The van der Waals surface area contributed by atoms with E-state index in [9.17, 15) is 4.79 Å². The molecule has 20 heavy (non-hydrogen) atoms. The highest BCUT2D eigenvalue weighted by atomic mass is 16.5. The fraction of sp³-hybridized carbons (Fsp3) is 0.286. The minimum Gasteiger partial charge on any atom is -0.496 e. The number of carboxylic acid groups (broad SMARTS) is 1. The van der Waals surface area contributed by atoms with Crippen LogP contribution in [0.25, 0.3) is 0 Å². The summed E-state index contributed by atoms with van der Waals surface area (Å²) in [6, 6.07) is 9.15. The Morgan fingerprint density at radius 1 is 1.50 bits per heavy atom. The van der Waals surface area contributed by atoms with E-state index in [-0.39, 0.29) is 11.7 Å². The number of hydrogen-bond acceptors (Lipinski definition) is 5. The van der Waals surface area contributed by atoms with Crippen LogP contribution in [-0.2, 0) is 6.54 Å². The van der Waals surface area contributed by atoms with Gasteiger partial charge in [0.2, 0.25) is 0 Å². The smallest absolute Gasteiger partial charge is 0.358 e. The van der Waals surface area contributed by atoms with Crippen LogP contribution in [0.4, 0.5) is 0 Å². The number of benzene rings is 1. The number of rotatable bonds is 6. The molecule has 0 spiro atoms. The number of aromatic carboxylic acids is 1. The van der Waals surface area contributed by atoms with Gasteiger partial charge in [0.15, 0.2) is 11.5 Å². The summed E-state index contributed by atoms with van der Waals surface area (Å²) in [6.45, 7) is 2.38. The Balaban J connectivity index is 2.00. The maximum Gasteiger partial charge on any atom is 0.358 e. The summed E-state index contributed by atoms with van der Waals surface area (Å²) >= 11 is 0. The first-order valence-electron chi connectivity index (χ1n) is 6.17. The Hall–Kier alpha value is -2.34. The Morgan fingerprint density at radius 3 is 2.90 bits per heavy atom. The molecule has 6 nitrogen and oxygen atoms in total. The third kappa shape index (κ3) is 3.16. The van der Waals surface area contributed by atoms with Gasteiger partial charge in [0, 0.05) is 17.7 Å². The molecule has 0 unspecified atom stereocenters. The summed E-state index contributed by atoms with van der Waals surface area (Å²) in [7, 11) is 1.63. The number of hydrogen-bond donors (Lipinski definition) is 2. The zero-order valence-electron chi connectivity index (χ0n) is 11.3. The Kier molecular flexibility index (Phi) is 4.37. The molecule has 106 valence electrons. The zero-order chi connectivity index (χ0) is 14.5. The lowest BCUT2D eigenvalue weighted by Gasteiger charge is -2.16. The van der Waals surface area contributed by atoms with Crippen LogP contribution < -0.4 is 10.1 Å². The normalized spacial score (nSPS) is 12.1. The van der Waals surface area contributed by atoms with E-state index < -0.39 is 5.97 Å². The van der Waals surface area contributed by atoms with Crippen LogP contribution in [0, 0.1) is 0 Å². The predicted octanol–water partition coefficient (Wildman–Crippen LogP) is 2.23. The molecule has 0 aliphatic rings. The molecule has 0 saturated heterocycles. The molecule has 0 amide bonds. The lowest BCUT2D eigenvalue weighted by Crippen LogP contribution is -2.18. The number of aromatic nitrogens is 1. The fourth-order valence-electron chi connectivity index (χ4n) is 1.88. The summed E-state index contributed by atoms with van der Waals surface area (Å²) < 4.78 is 10.2. The molecule has 0 radical (unpaired) electrons. The van der Waals surface area contributed by atoms with Crippen LogP contribution in [0.2, 0.25) is 0 Å². The van der Waals surface area contributed by atoms with Crippen LogP contribution in [0.15, 0.2) is 34.9 Å². The van der Waals surface area contributed by atoms with Crippen molar-refractivity contribution in [2.75, 3.05) is 7.11 Å². The summed E-state index contributed by atoms with van der Waals surface area (Å²) in [5.74, 6) is 0.179. The number of carbonyl (C=O) groups is 1. The van der Waals surface area contributed by atoms with E-state index in [4.69, 9.17) is 14.4 Å². The van der Waals surface area contributed by atoms with Gasteiger partial charge in [-0.25, -0.2) is 4.79 Å². The molecule has 1 aromatic heterocycles.